The number of amides is 1. The summed E-state index contributed by atoms with van der Waals surface area (Å²) in [5, 5.41) is 52.2. The van der Waals surface area contributed by atoms with E-state index in [1.807, 2.05) is 33.6 Å². The predicted octanol–water partition coefficient (Wildman–Crippen LogP) is 3.51. The Balaban J connectivity index is 0.820. The number of aryl methyl sites for hydroxylation is 1. The van der Waals surface area contributed by atoms with Crippen LogP contribution in [-0.2, 0) is 33.0 Å². The Bertz CT molecular complexity index is 1900. The van der Waals surface area contributed by atoms with Crippen LogP contribution >= 0.6 is 22.7 Å². The molecule has 55 heavy (non-hydrogen) atoms. The molecule has 1 saturated heterocycles. The molecule has 296 valence electrons. The van der Waals surface area contributed by atoms with Crippen LogP contribution < -0.4 is 20.1 Å². The van der Waals surface area contributed by atoms with Gasteiger partial charge in [0, 0.05) is 37.7 Å². The molecular formula is C39H50N6O8S2. The number of hydrogen-bond acceptors (Lipinski definition) is 14. The van der Waals surface area contributed by atoms with E-state index >= 15 is 0 Å². The summed E-state index contributed by atoms with van der Waals surface area (Å²) in [5.74, 6) is 0.705. The normalized spacial score (nSPS) is 25.9. The highest BCUT2D eigenvalue weighted by Gasteiger charge is 2.46. The lowest BCUT2D eigenvalue weighted by Gasteiger charge is -2.45. The summed E-state index contributed by atoms with van der Waals surface area (Å²) in [4.78, 5) is 28.9. The van der Waals surface area contributed by atoms with Crippen LogP contribution in [0.4, 0.5) is 0 Å². The first-order valence-electron chi connectivity index (χ1n) is 19.4. The molecule has 0 bridgehead atoms. The highest BCUT2D eigenvalue weighted by atomic mass is 32.1. The summed E-state index contributed by atoms with van der Waals surface area (Å²) < 4.78 is 19.7. The second-order valence-electron chi connectivity index (χ2n) is 15.4. The number of carbonyl (C=O) groups excluding carboxylic acids is 2. The van der Waals surface area contributed by atoms with Crippen LogP contribution in [0.3, 0.4) is 0 Å². The molecule has 4 aliphatic rings. The van der Waals surface area contributed by atoms with Gasteiger partial charge in [0.15, 0.2) is 11.5 Å². The Labute approximate surface area is 327 Å². The fourth-order valence-corrected chi connectivity index (χ4v) is 10.8. The molecule has 14 nitrogen and oxygen atoms in total. The number of fused-ring (bicyclic) bond motifs is 4. The van der Waals surface area contributed by atoms with E-state index in [0.29, 0.717) is 66.2 Å². The van der Waals surface area contributed by atoms with Crippen LogP contribution in [-0.4, -0.2) is 104 Å². The van der Waals surface area contributed by atoms with Crippen molar-refractivity contribution >= 4 is 45.6 Å². The van der Waals surface area contributed by atoms with Crippen LogP contribution in [0.1, 0.15) is 73.1 Å². The minimum Gasteiger partial charge on any atom is -0.460 e. The maximum atomic E-state index is 13.4. The van der Waals surface area contributed by atoms with E-state index in [9.17, 15) is 24.9 Å². The molecule has 0 radical (unpaired) electrons. The van der Waals surface area contributed by atoms with Gasteiger partial charge in [-0.3, -0.25) is 4.79 Å². The standard InChI is InChI=1S/C39H50N6O8S2/c1-44(24-7-9-25(10-8-24)53-38(49)39(50,31-5-2-17-54-31)32-6-3-18-55-32)15-4-16-45-35-28(42-43-45)19-23(36-37(35)52-22-51-36)20-40-21-30(47)26-11-13-29(46)34-27(26)12-14-33(48)41-34/h2-3,5-6,17-19,24-27,29-30,34,40,46-47,50H,4,7-16,20-22H2,1H3,(H,41,48)/t24?,25?,26?,27?,29?,30-,34?/m0/s1. The van der Waals surface area contributed by atoms with Gasteiger partial charge in [0.1, 0.15) is 17.1 Å². The molecule has 2 saturated carbocycles. The molecule has 5 N–H and O–H groups in total. The molecule has 2 aliphatic carbocycles. The minimum atomic E-state index is -1.79. The van der Waals surface area contributed by atoms with E-state index in [1.54, 1.807) is 12.1 Å². The Morgan fingerprint density at radius 3 is 2.58 bits per heavy atom. The summed E-state index contributed by atoms with van der Waals surface area (Å²) in [6.45, 7) is 2.42. The average Bonchev–Trinajstić information content (AvgIpc) is 4.03. The number of nitrogens with one attached hydrogen (secondary N) is 2. The number of carbonyl (C=O) groups is 2. The number of piperidine rings is 1. The van der Waals surface area contributed by atoms with E-state index in [1.165, 1.54) is 22.7 Å². The summed E-state index contributed by atoms with van der Waals surface area (Å²) in [7, 11) is 2.14. The number of aliphatic hydroxyl groups excluding tert-OH is 2. The fourth-order valence-electron chi connectivity index (χ4n) is 9.10. The van der Waals surface area contributed by atoms with Crippen molar-refractivity contribution in [2.45, 2.75) is 107 Å². The van der Waals surface area contributed by atoms with Crippen molar-refractivity contribution in [1.29, 1.82) is 0 Å². The van der Waals surface area contributed by atoms with Gasteiger partial charge in [-0.05, 0) is 106 Å². The summed E-state index contributed by atoms with van der Waals surface area (Å²) >= 11 is 2.70. The average molecular weight is 795 g/mol. The van der Waals surface area contributed by atoms with Gasteiger partial charge in [-0.15, -0.1) is 27.8 Å². The summed E-state index contributed by atoms with van der Waals surface area (Å²) in [5.41, 5.74) is 0.612. The first-order valence-corrected chi connectivity index (χ1v) is 21.2. The number of aliphatic hydroxyl groups is 3. The third-order valence-corrected chi connectivity index (χ3v) is 14.0. The van der Waals surface area contributed by atoms with Crippen molar-refractivity contribution in [2.75, 3.05) is 26.9 Å². The van der Waals surface area contributed by atoms with Crippen molar-refractivity contribution < 1.29 is 39.1 Å². The van der Waals surface area contributed by atoms with E-state index in [-0.39, 0.29) is 36.7 Å². The summed E-state index contributed by atoms with van der Waals surface area (Å²) in [6.07, 6.45) is 5.08. The van der Waals surface area contributed by atoms with Gasteiger partial charge < -0.3 is 45.1 Å². The number of aromatic nitrogens is 3. The zero-order chi connectivity index (χ0) is 38.1. The van der Waals surface area contributed by atoms with E-state index in [0.717, 1.165) is 61.7 Å². The van der Waals surface area contributed by atoms with Crippen LogP contribution in [0.15, 0.2) is 41.1 Å². The van der Waals surface area contributed by atoms with Gasteiger partial charge in [-0.2, -0.15) is 0 Å². The van der Waals surface area contributed by atoms with Gasteiger partial charge in [0.05, 0.1) is 28.0 Å². The van der Waals surface area contributed by atoms with Crippen molar-refractivity contribution in [1.82, 2.24) is 30.5 Å². The smallest absolute Gasteiger partial charge is 0.349 e. The van der Waals surface area contributed by atoms with Crippen LogP contribution in [0.5, 0.6) is 11.5 Å². The van der Waals surface area contributed by atoms with E-state index < -0.39 is 23.8 Å². The molecule has 16 heteroatoms. The molecule has 5 atom stereocenters. The highest BCUT2D eigenvalue weighted by Crippen LogP contribution is 2.43. The first-order chi connectivity index (χ1) is 26.7. The zero-order valence-electron chi connectivity index (χ0n) is 31.0. The predicted molar refractivity (Wildman–Crippen MR) is 206 cm³/mol. The van der Waals surface area contributed by atoms with Crippen LogP contribution in [0.25, 0.3) is 11.0 Å². The monoisotopic (exact) mass is 794 g/mol. The third-order valence-electron chi connectivity index (χ3n) is 12.1. The highest BCUT2D eigenvalue weighted by molar-refractivity contribution is 7.12. The topological polar surface area (TPSA) is 181 Å². The Morgan fingerprint density at radius 1 is 1.11 bits per heavy atom. The lowest BCUT2D eigenvalue weighted by atomic mass is 9.68. The van der Waals surface area contributed by atoms with E-state index in [4.69, 9.17) is 14.2 Å². The van der Waals surface area contributed by atoms with Crippen molar-refractivity contribution in [2.24, 2.45) is 11.8 Å². The number of esters is 1. The molecule has 5 heterocycles. The van der Waals surface area contributed by atoms with Gasteiger partial charge in [-0.25, -0.2) is 9.48 Å². The molecule has 1 amide bonds. The quantitative estimate of drug-likeness (QED) is 0.118. The van der Waals surface area contributed by atoms with Crippen molar-refractivity contribution in [3.8, 4) is 11.5 Å². The van der Waals surface area contributed by atoms with Crippen molar-refractivity contribution in [3.63, 3.8) is 0 Å². The second-order valence-corrected chi connectivity index (χ2v) is 17.3. The fraction of sp³-hybridized carbons (Fsp3) is 0.590. The maximum Gasteiger partial charge on any atom is 0.349 e. The molecular weight excluding hydrogens is 745 g/mol. The number of benzene rings is 1. The maximum absolute atomic E-state index is 13.4. The zero-order valence-corrected chi connectivity index (χ0v) is 32.6. The van der Waals surface area contributed by atoms with Gasteiger partial charge in [0.2, 0.25) is 18.3 Å². The van der Waals surface area contributed by atoms with Crippen LogP contribution in [0.2, 0.25) is 0 Å². The third kappa shape index (κ3) is 7.74. The number of nitrogens with zero attached hydrogens (tertiary/aromatic N) is 4. The lowest BCUT2D eigenvalue weighted by Crippen LogP contribution is -2.58. The number of thiophene rings is 2. The van der Waals surface area contributed by atoms with Gasteiger partial charge in [0.25, 0.3) is 0 Å². The lowest BCUT2D eigenvalue weighted by molar-refractivity contribution is -0.169. The number of hydrogen-bond donors (Lipinski definition) is 5. The molecule has 3 aromatic heterocycles. The molecule has 3 fully saturated rings. The molecule has 1 aromatic carbocycles. The molecule has 0 spiro atoms. The van der Waals surface area contributed by atoms with Crippen LogP contribution in [0, 0.1) is 11.8 Å². The van der Waals surface area contributed by atoms with Gasteiger partial charge in [-0.1, -0.05) is 17.3 Å². The Kier molecular flexibility index (Phi) is 11.4. The van der Waals surface area contributed by atoms with Crippen molar-refractivity contribution in [3.05, 3.63) is 56.4 Å². The first kappa shape index (κ1) is 38.2. The Hall–Kier alpha value is -3.64. The minimum absolute atomic E-state index is 0.00540. The molecule has 2 aliphatic heterocycles. The SMILES string of the molecule is CN(CCCn1nnc2cc(CNC[C@H](O)C3CCC(O)C4NC(=O)CCC43)c3c(c21)OCO3)C1CCC(OC(=O)C(O)(c2cccs2)c2cccs2)CC1. The summed E-state index contributed by atoms with van der Waals surface area (Å²) in [6, 6.07) is 9.25. The van der Waals surface area contributed by atoms with E-state index in [2.05, 4.69) is 32.9 Å². The largest absolute Gasteiger partial charge is 0.460 e. The van der Waals surface area contributed by atoms with Gasteiger partial charge >= 0.3 is 5.97 Å². The number of rotatable bonds is 14. The molecule has 4 aromatic rings. The Morgan fingerprint density at radius 2 is 1.85 bits per heavy atom. The molecule has 8 rings (SSSR count). The number of ether oxygens (including phenoxy) is 3. The second kappa shape index (κ2) is 16.5. The molecule has 4 unspecified atom stereocenters.